The number of aromatic nitrogens is 1. The molecule has 0 radical (unpaired) electrons. The summed E-state index contributed by atoms with van der Waals surface area (Å²) >= 11 is 5.60. The Morgan fingerprint density at radius 1 is 1.45 bits per heavy atom. The topological polar surface area (TPSA) is 77.2 Å². The van der Waals surface area contributed by atoms with Gasteiger partial charge in [-0.2, -0.15) is 0 Å². The van der Waals surface area contributed by atoms with Gasteiger partial charge in [-0.25, -0.2) is 14.2 Å². The summed E-state index contributed by atoms with van der Waals surface area (Å²) in [6.07, 6.45) is 1.38. The number of ether oxygens (including phenoxy) is 1. The summed E-state index contributed by atoms with van der Waals surface area (Å²) in [5.74, 6) is -0.957. The fourth-order valence-electron chi connectivity index (χ4n) is 1.56. The van der Waals surface area contributed by atoms with Crippen molar-refractivity contribution in [3.63, 3.8) is 0 Å². The van der Waals surface area contributed by atoms with Gasteiger partial charge in [-0.05, 0) is 24.3 Å². The number of pyridine rings is 1. The zero-order valence-corrected chi connectivity index (χ0v) is 11.2. The van der Waals surface area contributed by atoms with E-state index in [9.17, 15) is 9.18 Å². The number of halogens is 2. The predicted molar refractivity (Wildman–Crippen MR) is 74.7 cm³/mol. The second kappa shape index (κ2) is 5.75. The maximum atomic E-state index is 13.4. The minimum absolute atomic E-state index is 0.00834. The number of rotatable bonds is 3. The van der Waals surface area contributed by atoms with E-state index in [1.165, 1.54) is 31.5 Å². The normalized spacial score (nSPS) is 10.2. The lowest BCUT2D eigenvalue weighted by Gasteiger charge is -2.10. The molecule has 2 rings (SSSR count). The Kier molecular flexibility index (Phi) is 4.05. The van der Waals surface area contributed by atoms with Crippen molar-refractivity contribution in [3.05, 3.63) is 46.9 Å². The van der Waals surface area contributed by atoms with Gasteiger partial charge in [0, 0.05) is 5.69 Å². The molecule has 0 spiro atoms. The van der Waals surface area contributed by atoms with Crippen molar-refractivity contribution >= 4 is 34.8 Å². The highest BCUT2D eigenvalue weighted by molar-refractivity contribution is 6.30. The maximum absolute atomic E-state index is 13.4. The predicted octanol–water partition coefficient (Wildman–Crippen LogP) is 2.99. The average molecular weight is 296 g/mol. The molecule has 0 unspecified atom stereocenters. The quantitative estimate of drug-likeness (QED) is 0.851. The lowest BCUT2D eigenvalue weighted by Crippen LogP contribution is -2.08. The number of carbonyl (C=O) groups is 1. The van der Waals surface area contributed by atoms with Crippen molar-refractivity contribution < 1.29 is 13.9 Å². The summed E-state index contributed by atoms with van der Waals surface area (Å²) < 4.78 is 18.0. The fraction of sp³-hybridized carbons (Fsp3) is 0.0769. The SMILES string of the molecule is COC(=O)c1cc(N)cnc1Nc1ccc(Cl)c(F)c1. The van der Waals surface area contributed by atoms with E-state index >= 15 is 0 Å². The standard InChI is InChI=1S/C13H11ClFN3O2/c1-20-13(19)9-4-7(16)6-17-12(9)18-8-2-3-10(14)11(15)5-8/h2-6H,16H2,1H3,(H,17,18). The summed E-state index contributed by atoms with van der Waals surface area (Å²) in [7, 11) is 1.25. The lowest BCUT2D eigenvalue weighted by molar-refractivity contribution is 0.0601. The highest BCUT2D eigenvalue weighted by atomic mass is 35.5. The number of anilines is 3. The molecule has 1 heterocycles. The number of nitrogen functional groups attached to an aromatic ring is 1. The molecule has 3 N–H and O–H groups in total. The van der Waals surface area contributed by atoms with Gasteiger partial charge < -0.3 is 15.8 Å². The first-order valence-electron chi connectivity index (χ1n) is 5.57. The van der Waals surface area contributed by atoms with Gasteiger partial charge in [0.2, 0.25) is 0 Å². The maximum Gasteiger partial charge on any atom is 0.341 e. The zero-order chi connectivity index (χ0) is 14.7. The first kappa shape index (κ1) is 14.1. The first-order chi connectivity index (χ1) is 9.51. The van der Waals surface area contributed by atoms with E-state index in [1.54, 1.807) is 6.07 Å². The van der Waals surface area contributed by atoms with Gasteiger partial charge >= 0.3 is 5.97 Å². The fourth-order valence-corrected chi connectivity index (χ4v) is 1.67. The highest BCUT2D eigenvalue weighted by Crippen LogP contribution is 2.24. The van der Waals surface area contributed by atoms with Crippen molar-refractivity contribution in [2.24, 2.45) is 0 Å². The Bertz CT molecular complexity index is 664. The van der Waals surface area contributed by atoms with Crippen molar-refractivity contribution in [1.29, 1.82) is 0 Å². The second-order valence-corrected chi connectivity index (χ2v) is 4.32. The number of methoxy groups -OCH3 is 1. The van der Waals surface area contributed by atoms with Gasteiger partial charge in [0.15, 0.2) is 0 Å². The van der Waals surface area contributed by atoms with Gasteiger partial charge in [-0.1, -0.05) is 11.6 Å². The minimum Gasteiger partial charge on any atom is -0.465 e. The third-order valence-corrected chi connectivity index (χ3v) is 2.80. The molecule has 0 aliphatic rings. The number of carbonyl (C=O) groups excluding carboxylic acids is 1. The molecule has 1 aromatic carbocycles. The van der Waals surface area contributed by atoms with Crippen LogP contribution in [0.25, 0.3) is 0 Å². The summed E-state index contributed by atoms with van der Waals surface area (Å²) in [4.78, 5) is 15.6. The molecule has 0 fully saturated rings. The number of esters is 1. The Balaban J connectivity index is 2.37. The van der Waals surface area contributed by atoms with Crippen LogP contribution < -0.4 is 11.1 Å². The molecule has 1 aromatic heterocycles. The van der Waals surface area contributed by atoms with Crippen LogP contribution in [0, 0.1) is 5.82 Å². The van der Waals surface area contributed by atoms with Crippen molar-refractivity contribution in [3.8, 4) is 0 Å². The second-order valence-electron chi connectivity index (χ2n) is 3.91. The van der Waals surface area contributed by atoms with Gasteiger partial charge in [0.1, 0.15) is 17.2 Å². The van der Waals surface area contributed by atoms with Gasteiger partial charge in [-0.15, -0.1) is 0 Å². The molecule has 0 aliphatic carbocycles. The first-order valence-corrected chi connectivity index (χ1v) is 5.95. The molecule has 0 amide bonds. The van der Waals surface area contributed by atoms with Crippen LogP contribution in [0.1, 0.15) is 10.4 Å². The van der Waals surface area contributed by atoms with Crippen molar-refractivity contribution in [2.75, 3.05) is 18.2 Å². The molecular weight excluding hydrogens is 285 g/mol. The number of benzene rings is 1. The van der Waals surface area contributed by atoms with Crippen LogP contribution in [0.4, 0.5) is 21.6 Å². The van der Waals surface area contributed by atoms with Crippen LogP contribution in [0.15, 0.2) is 30.5 Å². The minimum atomic E-state index is -0.596. The lowest BCUT2D eigenvalue weighted by atomic mass is 10.2. The molecule has 5 nitrogen and oxygen atoms in total. The molecule has 20 heavy (non-hydrogen) atoms. The van der Waals surface area contributed by atoms with Crippen LogP contribution in [-0.2, 0) is 4.74 Å². The van der Waals surface area contributed by atoms with Crippen LogP contribution in [0.2, 0.25) is 5.02 Å². The monoisotopic (exact) mass is 295 g/mol. The van der Waals surface area contributed by atoms with E-state index in [0.29, 0.717) is 11.4 Å². The summed E-state index contributed by atoms with van der Waals surface area (Å²) in [5, 5.41) is 2.83. The molecule has 0 saturated carbocycles. The van der Waals surface area contributed by atoms with E-state index in [1.807, 2.05) is 0 Å². The Labute approximate surface area is 119 Å². The molecule has 0 bridgehead atoms. The van der Waals surface area contributed by atoms with E-state index in [4.69, 9.17) is 17.3 Å². The number of hydrogen-bond acceptors (Lipinski definition) is 5. The smallest absolute Gasteiger partial charge is 0.341 e. The van der Waals surface area contributed by atoms with E-state index in [-0.39, 0.29) is 16.4 Å². The number of nitrogens with two attached hydrogens (primary N) is 1. The van der Waals surface area contributed by atoms with Crippen molar-refractivity contribution in [2.45, 2.75) is 0 Å². The Hall–Kier alpha value is -2.34. The zero-order valence-electron chi connectivity index (χ0n) is 10.5. The number of nitrogens with zero attached hydrogens (tertiary/aromatic N) is 1. The Morgan fingerprint density at radius 2 is 2.20 bits per heavy atom. The summed E-state index contributed by atoms with van der Waals surface area (Å²) in [6, 6.07) is 5.58. The molecule has 0 atom stereocenters. The van der Waals surface area contributed by atoms with E-state index in [2.05, 4.69) is 15.0 Å². The third-order valence-electron chi connectivity index (χ3n) is 2.50. The molecule has 7 heteroatoms. The Morgan fingerprint density at radius 3 is 2.85 bits per heavy atom. The summed E-state index contributed by atoms with van der Waals surface area (Å²) in [5.41, 5.74) is 6.45. The number of nitrogens with one attached hydrogen (secondary N) is 1. The molecule has 104 valence electrons. The molecule has 2 aromatic rings. The molecular formula is C13H11ClFN3O2. The average Bonchev–Trinajstić information content (AvgIpc) is 2.44. The van der Waals surface area contributed by atoms with Crippen LogP contribution >= 0.6 is 11.6 Å². The molecule has 0 saturated heterocycles. The van der Waals surface area contributed by atoms with Crippen molar-refractivity contribution in [1.82, 2.24) is 4.98 Å². The van der Waals surface area contributed by atoms with Gasteiger partial charge in [0.05, 0.1) is 24.0 Å². The number of hydrogen-bond donors (Lipinski definition) is 2. The van der Waals surface area contributed by atoms with E-state index < -0.39 is 11.8 Å². The van der Waals surface area contributed by atoms with Gasteiger partial charge in [0.25, 0.3) is 0 Å². The summed E-state index contributed by atoms with van der Waals surface area (Å²) in [6.45, 7) is 0. The largest absolute Gasteiger partial charge is 0.465 e. The van der Waals surface area contributed by atoms with E-state index in [0.717, 1.165) is 0 Å². The highest BCUT2D eigenvalue weighted by Gasteiger charge is 2.14. The van der Waals surface area contributed by atoms with Crippen LogP contribution in [0.5, 0.6) is 0 Å². The van der Waals surface area contributed by atoms with Gasteiger partial charge in [-0.3, -0.25) is 0 Å². The molecule has 0 aliphatic heterocycles. The van der Waals surface area contributed by atoms with Crippen LogP contribution in [-0.4, -0.2) is 18.1 Å². The third kappa shape index (κ3) is 2.97. The van der Waals surface area contributed by atoms with Crippen LogP contribution in [0.3, 0.4) is 0 Å².